The van der Waals surface area contributed by atoms with Gasteiger partial charge in [0, 0.05) is 35.1 Å². The van der Waals surface area contributed by atoms with Crippen LogP contribution in [0.15, 0.2) is 29.4 Å². The summed E-state index contributed by atoms with van der Waals surface area (Å²) in [5.74, 6) is -1.92. The molecule has 8 heteroatoms. The van der Waals surface area contributed by atoms with Crippen LogP contribution in [0, 0.1) is 0 Å². The molecule has 2 aromatic rings. The van der Waals surface area contributed by atoms with E-state index in [1.807, 2.05) is 18.3 Å². The van der Waals surface area contributed by atoms with E-state index < -0.39 is 11.9 Å². The first-order valence-corrected chi connectivity index (χ1v) is 8.03. The number of carboxylic acids is 1. The number of carbonyl (C=O) groups excluding carboxylic acids is 2. The third-order valence-corrected chi connectivity index (χ3v) is 4.02. The molecular weight excluding hydrogens is 346 g/mol. The molecule has 2 N–H and O–H groups in total. The third kappa shape index (κ3) is 5.15. The van der Waals surface area contributed by atoms with Crippen molar-refractivity contribution >= 4 is 47.0 Å². The maximum absolute atomic E-state index is 12.4. The minimum Gasteiger partial charge on any atom is -0.481 e. The number of rotatable bonds is 8. The van der Waals surface area contributed by atoms with E-state index >= 15 is 0 Å². The first kappa shape index (κ1) is 18.7. The van der Waals surface area contributed by atoms with Crippen LogP contribution in [0.4, 0.5) is 0 Å². The van der Waals surface area contributed by atoms with Gasteiger partial charge < -0.3 is 15.0 Å². The molecule has 0 fully saturated rings. The SMILES string of the molecule is C=NC(=O)CN(CCC(=O)O)C(=O)CCc1c[nH]c2ccc(Cl)cc12. The monoisotopic (exact) mass is 363 g/mol. The van der Waals surface area contributed by atoms with Crippen molar-refractivity contribution < 1.29 is 19.5 Å². The summed E-state index contributed by atoms with van der Waals surface area (Å²) in [4.78, 5) is 42.1. The Labute approximate surface area is 149 Å². The fraction of sp³-hybridized carbons (Fsp3) is 0.294. The van der Waals surface area contributed by atoms with Gasteiger partial charge in [0.15, 0.2) is 0 Å². The predicted molar refractivity (Wildman–Crippen MR) is 95.0 cm³/mol. The summed E-state index contributed by atoms with van der Waals surface area (Å²) in [6.45, 7) is 2.81. The lowest BCUT2D eigenvalue weighted by Gasteiger charge is -2.20. The summed E-state index contributed by atoms with van der Waals surface area (Å²) in [7, 11) is 0. The maximum atomic E-state index is 12.4. The molecule has 1 heterocycles. The van der Waals surface area contributed by atoms with Crippen molar-refractivity contribution in [2.75, 3.05) is 13.1 Å². The van der Waals surface area contributed by atoms with E-state index in [1.165, 1.54) is 4.90 Å². The number of amides is 2. The molecule has 0 aliphatic carbocycles. The molecule has 2 rings (SSSR count). The summed E-state index contributed by atoms with van der Waals surface area (Å²) >= 11 is 6.01. The van der Waals surface area contributed by atoms with Crippen molar-refractivity contribution in [2.24, 2.45) is 4.99 Å². The minimum absolute atomic E-state index is 0.0465. The number of aromatic nitrogens is 1. The molecule has 25 heavy (non-hydrogen) atoms. The van der Waals surface area contributed by atoms with Crippen LogP contribution in [-0.4, -0.2) is 52.6 Å². The van der Waals surface area contributed by atoms with Gasteiger partial charge in [-0.15, -0.1) is 0 Å². The standard InChI is InChI=1S/C17H18ClN3O4/c1-19-15(22)10-21(7-6-17(24)25)16(23)5-2-11-9-20-14-4-3-12(18)8-13(11)14/h3-4,8-9,20H,1-2,5-7,10H2,(H,24,25). The summed E-state index contributed by atoms with van der Waals surface area (Å²) in [6.07, 6.45) is 2.16. The molecule has 0 unspecified atom stereocenters. The Morgan fingerprint density at radius 2 is 2.04 bits per heavy atom. The zero-order chi connectivity index (χ0) is 18.4. The number of nitrogens with zero attached hydrogens (tertiary/aromatic N) is 2. The van der Waals surface area contributed by atoms with Gasteiger partial charge in [-0.25, -0.2) is 4.99 Å². The number of H-pyrrole nitrogens is 1. The molecule has 0 bridgehead atoms. The fourth-order valence-electron chi connectivity index (χ4n) is 2.49. The Kier molecular flexibility index (Phi) is 6.30. The zero-order valence-corrected chi connectivity index (χ0v) is 14.3. The minimum atomic E-state index is -1.04. The second-order valence-electron chi connectivity index (χ2n) is 5.51. The quantitative estimate of drug-likeness (QED) is 0.702. The summed E-state index contributed by atoms with van der Waals surface area (Å²) in [6, 6.07) is 5.45. The van der Waals surface area contributed by atoms with Crippen molar-refractivity contribution in [1.29, 1.82) is 0 Å². The molecule has 7 nitrogen and oxygen atoms in total. The van der Waals surface area contributed by atoms with Crippen molar-refractivity contribution in [2.45, 2.75) is 19.3 Å². The number of aliphatic carboxylic acids is 1. The highest BCUT2D eigenvalue weighted by atomic mass is 35.5. The highest BCUT2D eigenvalue weighted by Gasteiger charge is 2.18. The van der Waals surface area contributed by atoms with Crippen LogP contribution in [0.2, 0.25) is 5.02 Å². The molecule has 0 radical (unpaired) electrons. The molecule has 0 spiro atoms. The smallest absolute Gasteiger partial charge is 0.305 e. The maximum Gasteiger partial charge on any atom is 0.305 e. The van der Waals surface area contributed by atoms with E-state index in [4.69, 9.17) is 16.7 Å². The van der Waals surface area contributed by atoms with Crippen LogP contribution in [0.5, 0.6) is 0 Å². The summed E-state index contributed by atoms with van der Waals surface area (Å²) < 4.78 is 0. The Balaban J connectivity index is 2.05. The van der Waals surface area contributed by atoms with Crippen LogP contribution >= 0.6 is 11.6 Å². The number of carbonyl (C=O) groups is 3. The fourth-order valence-corrected chi connectivity index (χ4v) is 2.67. The Hall–Kier alpha value is -2.67. The van der Waals surface area contributed by atoms with Gasteiger partial charge in [0.25, 0.3) is 5.91 Å². The van der Waals surface area contributed by atoms with Gasteiger partial charge in [-0.05, 0) is 36.9 Å². The first-order valence-electron chi connectivity index (χ1n) is 7.65. The van der Waals surface area contributed by atoms with Gasteiger partial charge in [-0.1, -0.05) is 11.6 Å². The second-order valence-corrected chi connectivity index (χ2v) is 5.95. The Morgan fingerprint density at radius 3 is 2.72 bits per heavy atom. The van der Waals surface area contributed by atoms with Crippen LogP contribution in [-0.2, 0) is 20.8 Å². The normalized spacial score (nSPS) is 10.6. The molecule has 0 aliphatic rings. The number of nitrogens with one attached hydrogen (secondary N) is 1. The molecule has 1 aromatic heterocycles. The van der Waals surface area contributed by atoms with E-state index in [1.54, 1.807) is 6.07 Å². The molecule has 132 valence electrons. The van der Waals surface area contributed by atoms with Gasteiger partial charge in [-0.2, -0.15) is 0 Å². The van der Waals surface area contributed by atoms with Gasteiger partial charge >= 0.3 is 5.97 Å². The number of aromatic amines is 1. The van der Waals surface area contributed by atoms with Gasteiger partial charge in [-0.3, -0.25) is 14.4 Å². The van der Waals surface area contributed by atoms with Gasteiger partial charge in [0.05, 0.1) is 6.42 Å². The highest BCUT2D eigenvalue weighted by Crippen LogP contribution is 2.23. The lowest BCUT2D eigenvalue weighted by molar-refractivity contribution is -0.140. The predicted octanol–water partition coefficient (Wildman–Crippen LogP) is 2.28. The lowest BCUT2D eigenvalue weighted by atomic mass is 10.1. The molecule has 0 saturated carbocycles. The van der Waals surface area contributed by atoms with Gasteiger partial charge in [0.2, 0.25) is 5.91 Å². The van der Waals surface area contributed by atoms with Crippen molar-refractivity contribution in [3.05, 3.63) is 35.0 Å². The Bertz CT molecular complexity index is 815. The number of fused-ring (bicyclic) bond motifs is 1. The molecule has 0 saturated heterocycles. The number of aryl methyl sites for hydroxylation is 1. The number of hydrogen-bond donors (Lipinski definition) is 2. The van der Waals surface area contributed by atoms with E-state index in [2.05, 4.69) is 16.7 Å². The van der Waals surface area contributed by atoms with Crippen LogP contribution in [0.1, 0.15) is 18.4 Å². The average Bonchev–Trinajstić information content (AvgIpc) is 2.98. The van der Waals surface area contributed by atoms with Gasteiger partial charge in [0.1, 0.15) is 6.54 Å². The van der Waals surface area contributed by atoms with Crippen molar-refractivity contribution in [3.8, 4) is 0 Å². The molecule has 0 aliphatic heterocycles. The van der Waals surface area contributed by atoms with E-state index in [0.717, 1.165) is 16.5 Å². The van der Waals surface area contributed by atoms with Crippen molar-refractivity contribution in [1.82, 2.24) is 9.88 Å². The third-order valence-electron chi connectivity index (χ3n) is 3.79. The molecule has 1 aromatic carbocycles. The highest BCUT2D eigenvalue weighted by molar-refractivity contribution is 6.31. The van der Waals surface area contributed by atoms with Crippen LogP contribution in [0.25, 0.3) is 10.9 Å². The average molecular weight is 364 g/mol. The number of halogens is 1. The van der Waals surface area contributed by atoms with Crippen molar-refractivity contribution in [3.63, 3.8) is 0 Å². The summed E-state index contributed by atoms with van der Waals surface area (Å²) in [5.41, 5.74) is 1.85. The number of aliphatic imine (C=N–C) groups is 1. The molecule has 0 atom stereocenters. The lowest BCUT2D eigenvalue weighted by Crippen LogP contribution is -2.37. The summed E-state index contributed by atoms with van der Waals surface area (Å²) in [5, 5.41) is 10.3. The van der Waals surface area contributed by atoms with Crippen LogP contribution < -0.4 is 0 Å². The topological polar surface area (TPSA) is 103 Å². The molecule has 2 amide bonds. The molecular formula is C17H18ClN3O4. The zero-order valence-electron chi connectivity index (χ0n) is 13.5. The largest absolute Gasteiger partial charge is 0.481 e. The first-order chi connectivity index (χ1) is 11.9. The van der Waals surface area contributed by atoms with E-state index in [9.17, 15) is 14.4 Å². The van der Waals surface area contributed by atoms with E-state index in [0.29, 0.717) is 11.4 Å². The number of benzene rings is 1. The van der Waals surface area contributed by atoms with E-state index in [-0.39, 0.29) is 31.8 Å². The second kappa shape index (κ2) is 8.43. The number of carboxylic acid groups (broad SMARTS) is 1. The van der Waals surface area contributed by atoms with Crippen LogP contribution in [0.3, 0.4) is 0 Å². The Morgan fingerprint density at radius 1 is 1.28 bits per heavy atom. The number of hydrogen-bond acceptors (Lipinski definition) is 3.